The topological polar surface area (TPSA) is 51.1 Å². The largest absolute Gasteiger partial charge is 0.325 e. The van der Waals surface area contributed by atoms with Crippen LogP contribution >= 0.6 is 11.6 Å². The molecule has 0 saturated carbocycles. The minimum absolute atomic E-state index is 0.0642. The van der Waals surface area contributed by atoms with Gasteiger partial charge in [-0.1, -0.05) is 37.6 Å². The molecule has 5 heteroatoms. The number of pyridine rings is 1. The molecular formula is C16H17ClN2O2. The predicted molar refractivity (Wildman–Crippen MR) is 84.9 cm³/mol. The van der Waals surface area contributed by atoms with Gasteiger partial charge in [0.25, 0.3) is 5.56 Å². The number of halogens is 1. The third-order valence-electron chi connectivity index (χ3n) is 3.12. The molecule has 0 unspecified atom stereocenters. The monoisotopic (exact) mass is 304 g/mol. The van der Waals surface area contributed by atoms with Crippen LogP contribution in [0.5, 0.6) is 0 Å². The van der Waals surface area contributed by atoms with Gasteiger partial charge in [-0.05, 0) is 29.7 Å². The minimum Gasteiger partial charge on any atom is -0.325 e. The summed E-state index contributed by atoms with van der Waals surface area (Å²) in [5.41, 5.74) is 1.66. The van der Waals surface area contributed by atoms with Crippen LogP contribution in [-0.4, -0.2) is 10.5 Å². The van der Waals surface area contributed by atoms with Crippen molar-refractivity contribution in [3.63, 3.8) is 0 Å². The van der Waals surface area contributed by atoms with Gasteiger partial charge in [0.1, 0.15) is 6.54 Å². The standard InChI is InChI=1S/C16H17ClN2O2/c1-11(2)12-3-6-14(7-4-12)18-15(20)10-19-9-13(17)5-8-16(19)21/h3-9,11H,10H2,1-2H3,(H,18,20). The Labute approximate surface area is 128 Å². The lowest BCUT2D eigenvalue weighted by Crippen LogP contribution is -2.26. The second-order valence-corrected chi connectivity index (χ2v) is 5.57. The van der Waals surface area contributed by atoms with Gasteiger partial charge in [0.15, 0.2) is 0 Å². The summed E-state index contributed by atoms with van der Waals surface area (Å²) in [5, 5.41) is 3.18. The average molecular weight is 305 g/mol. The summed E-state index contributed by atoms with van der Waals surface area (Å²) in [6.07, 6.45) is 1.45. The zero-order valence-corrected chi connectivity index (χ0v) is 12.7. The first-order valence-corrected chi connectivity index (χ1v) is 7.09. The number of amides is 1. The fraction of sp³-hybridized carbons (Fsp3) is 0.250. The third-order valence-corrected chi connectivity index (χ3v) is 3.35. The molecule has 0 bridgehead atoms. The zero-order valence-electron chi connectivity index (χ0n) is 12.0. The summed E-state index contributed by atoms with van der Waals surface area (Å²) in [6.45, 7) is 4.16. The Morgan fingerprint density at radius 1 is 1.19 bits per heavy atom. The van der Waals surface area contributed by atoms with E-state index in [9.17, 15) is 9.59 Å². The summed E-state index contributed by atoms with van der Waals surface area (Å²) in [4.78, 5) is 23.6. The average Bonchev–Trinajstić information content (AvgIpc) is 2.43. The van der Waals surface area contributed by atoms with Gasteiger partial charge >= 0.3 is 0 Å². The van der Waals surface area contributed by atoms with Crippen molar-refractivity contribution in [1.82, 2.24) is 4.57 Å². The molecule has 0 atom stereocenters. The van der Waals surface area contributed by atoms with Gasteiger partial charge in [0.05, 0.1) is 5.02 Å². The SMILES string of the molecule is CC(C)c1ccc(NC(=O)Cn2cc(Cl)ccc2=O)cc1. The fourth-order valence-electron chi connectivity index (χ4n) is 1.93. The van der Waals surface area contributed by atoms with Gasteiger partial charge < -0.3 is 9.88 Å². The minimum atomic E-state index is -0.267. The highest BCUT2D eigenvalue weighted by Gasteiger charge is 2.06. The quantitative estimate of drug-likeness (QED) is 0.942. The molecule has 0 radical (unpaired) electrons. The Hall–Kier alpha value is -2.07. The van der Waals surface area contributed by atoms with Gasteiger partial charge in [0, 0.05) is 18.0 Å². The smallest absolute Gasteiger partial charge is 0.251 e. The summed E-state index contributed by atoms with van der Waals surface area (Å²) in [5.74, 6) is 0.177. The molecule has 2 aromatic rings. The zero-order chi connectivity index (χ0) is 15.4. The number of hydrogen-bond acceptors (Lipinski definition) is 2. The molecule has 4 nitrogen and oxygen atoms in total. The van der Waals surface area contributed by atoms with E-state index >= 15 is 0 Å². The lowest BCUT2D eigenvalue weighted by molar-refractivity contribution is -0.116. The van der Waals surface area contributed by atoms with Crippen molar-refractivity contribution in [3.05, 3.63) is 63.5 Å². The molecule has 21 heavy (non-hydrogen) atoms. The molecular weight excluding hydrogens is 288 g/mol. The highest BCUT2D eigenvalue weighted by Crippen LogP contribution is 2.17. The Bertz CT molecular complexity index is 690. The maximum Gasteiger partial charge on any atom is 0.251 e. The number of nitrogens with zero attached hydrogens (tertiary/aromatic N) is 1. The van der Waals surface area contributed by atoms with Crippen LogP contribution in [0.25, 0.3) is 0 Å². The molecule has 0 aliphatic carbocycles. The predicted octanol–water partition coefficient (Wildman–Crippen LogP) is 3.26. The number of benzene rings is 1. The number of hydrogen-bond donors (Lipinski definition) is 1. The first-order valence-electron chi connectivity index (χ1n) is 6.71. The van der Waals surface area contributed by atoms with Crippen LogP contribution in [0.4, 0.5) is 5.69 Å². The molecule has 0 saturated heterocycles. The lowest BCUT2D eigenvalue weighted by Gasteiger charge is -2.09. The van der Waals surface area contributed by atoms with Crippen LogP contribution in [0.3, 0.4) is 0 Å². The molecule has 1 aromatic carbocycles. The van der Waals surface area contributed by atoms with Gasteiger partial charge in [0.2, 0.25) is 5.91 Å². The molecule has 0 spiro atoms. The van der Waals surface area contributed by atoms with Crippen molar-refractivity contribution in [2.24, 2.45) is 0 Å². The fourth-order valence-corrected chi connectivity index (χ4v) is 2.11. The molecule has 2 rings (SSSR count). The Kier molecular flexibility index (Phi) is 4.81. The van der Waals surface area contributed by atoms with Gasteiger partial charge in [-0.3, -0.25) is 9.59 Å². The number of nitrogens with one attached hydrogen (secondary N) is 1. The maximum atomic E-state index is 12.0. The number of carbonyl (C=O) groups is 1. The second-order valence-electron chi connectivity index (χ2n) is 5.14. The van der Waals surface area contributed by atoms with E-state index in [1.165, 1.54) is 28.5 Å². The number of aromatic nitrogens is 1. The van der Waals surface area contributed by atoms with E-state index in [1.807, 2.05) is 24.3 Å². The van der Waals surface area contributed by atoms with Crippen LogP contribution in [0.2, 0.25) is 5.02 Å². The van der Waals surface area contributed by atoms with E-state index in [4.69, 9.17) is 11.6 Å². The van der Waals surface area contributed by atoms with Crippen LogP contribution in [0, 0.1) is 0 Å². The van der Waals surface area contributed by atoms with Crippen molar-refractivity contribution >= 4 is 23.2 Å². The van der Waals surface area contributed by atoms with E-state index in [-0.39, 0.29) is 18.0 Å². The second kappa shape index (κ2) is 6.59. The number of carbonyl (C=O) groups excluding carboxylic acids is 1. The maximum absolute atomic E-state index is 12.0. The highest BCUT2D eigenvalue weighted by molar-refractivity contribution is 6.30. The molecule has 0 aliphatic heterocycles. The molecule has 0 fully saturated rings. The van der Waals surface area contributed by atoms with E-state index < -0.39 is 0 Å². The van der Waals surface area contributed by atoms with E-state index in [2.05, 4.69) is 19.2 Å². The van der Waals surface area contributed by atoms with Crippen molar-refractivity contribution in [2.75, 3.05) is 5.32 Å². The summed E-state index contributed by atoms with van der Waals surface area (Å²) < 4.78 is 1.28. The first kappa shape index (κ1) is 15.3. The van der Waals surface area contributed by atoms with Crippen LogP contribution in [-0.2, 0) is 11.3 Å². The van der Waals surface area contributed by atoms with Crippen LogP contribution < -0.4 is 10.9 Å². The van der Waals surface area contributed by atoms with Gasteiger partial charge in [-0.15, -0.1) is 0 Å². The molecule has 1 aromatic heterocycles. The van der Waals surface area contributed by atoms with Crippen molar-refractivity contribution in [1.29, 1.82) is 0 Å². The number of rotatable bonds is 4. The molecule has 1 heterocycles. The number of anilines is 1. The Morgan fingerprint density at radius 3 is 2.48 bits per heavy atom. The van der Waals surface area contributed by atoms with E-state index in [0.29, 0.717) is 16.6 Å². The molecule has 1 amide bonds. The summed E-state index contributed by atoms with van der Waals surface area (Å²) >= 11 is 5.82. The molecule has 110 valence electrons. The van der Waals surface area contributed by atoms with Crippen molar-refractivity contribution < 1.29 is 4.79 Å². The van der Waals surface area contributed by atoms with Gasteiger partial charge in [-0.2, -0.15) is 0 Å². The van der Waals surface area contributed by atoms with E-state index in [0.717, 1.165) is 0 Å². The lowest BCUT2D eigenvalue weighted by atomic mass is 10.0. The van der Waals surface area contributed by atoms with Crippen LogP contribution in [0.1, 0.15) is 25.3 Å². The highest BCUT2D eigenvalue weighted by atomic mass is 35.5. The Balaban J connectivity index is 2.04. The van der Waals surface area contributed by atoms with E-state index in [1.54, 1.807) is 0 Å². The first-order chi connectivity index (χ1) is 9.95. The molecule has 1 N–H and O–H groups in total. The molecule has 0 aliphatic rings. The summed E-state index contributed by atoms with van der Waals surface area (Å²) in [6, 6.07) is 10.5. The van der Waals surface area contributed by atoms with Crippen molar-refractivity contribution in [2.45, 2.75) is 26.3 Å². The third kappa shape index (κ3) is 4.20. The van der Waals surface area contributed by atoms with Crippen molar-refractivity contribution in [3.8, 4) is 0 Å². The Morgan fingerprint density at radius 2 is 1.86 bits per heavy atom. The van der Waals surface area contributed by atoms with Crippen LogP contribution in [0.15, 0.2) is 47.4 Å². The summed E-state index contributed by atoms with van der Waals surface area (Å²) in [7, 11) is 0. The van der Waals surface area contributed by atoms with Gasteiger partial charge in [-0.25, -0.2) is 0 Å². The normalized spacial score (nSPS) is 10.7.